The minimum Gasteiger partial charge on any atom is -0.346 e. The molecule has 100 valence electrons. The third kappa shape index (κ3) is 2.76. The summed E-state index contributed by atoms with van der Waals surface area (Å²) in [5.74, 6) is -0.0472. The minimum absolute atomic E-state index is 0.318. The highest BCUT2D eigenvalue weighted by Crippen LogP contribution is 2.37. The predicted molar refractivity (Wildman–Crippen MR) is 73.3 cm³/mol. The van der Waals surface area contributed by atoms with E-state index >= 15 is 0 Å². The van der Waals surface area contributed by atoms with Crippen LogP contribution in [0.4, 0.5) is 0 Å². The van der Waals surface area contributed by atoms with Gasteiger partial charge in [-0.15, -0.1) is 0 Å². The summed E-state index contributed by atoms with van der Waals surface area (Å²) in [6, 6.07) is 10.3. The lowest BCUT2D eigenvalue weighted by molar-refractivity contribution is -0.312. The molecule has 1 heterocycles. The van der Waals surface area contributed by atoms with Gasteiger partial charge in [-0.25, -0.2) is 0 Å². The van der Waals surface area contributed by atoms with Crippen LogP contribution in [0.5, 0.6) is 0 Å². The molecule has 3 atom stereocenters. The number of ether oxygens (including phenoxy) is 2. The van der Waals surface area contributed by atoms with E-state index in [0.717, 1.165) is 31.4 Å². The summed E-state index contributed by atoms with van der Waals surface area (Å²) >= 11 is 0. The Kier molecular flexibility index (Phi) is 4.41. The molecule has 2 nitrogen and oxygen atoms in total. The van der Waals surface area contributed by atoms with Gasteiger partial charge < -0.3 is 9.47 Å². The lowest BCUT2D eigenvalue weighted by Gasteiger charge is -2.43. The van der Waals surface area contributed by atoms with Gasteiger partial charge in [0.05, 0.1) is 12.7 Å². The average Bonchev–Trinajstić information content (AvgIpc) is 2.41. The van der Waals surface area contributed by atoms with Gasteiger partial charge in [0, 0.05) is 11.5 Å². The minimum atomic E-state index is -0.577. The smallest absolute Gasteiger partial charge is 0.192 e. The molecule has 0 bridgehead atoms. The van der Waals surface area contributed by atoms with Gasteiger partial charge >= 0.3 is 0 Å². The zero-order chi connectivity index (χ0) is 13.0. The Bertz CT molecular complexity index is 363. The van der Waals surface area contributed by atoms with Gasteiger partial charge in [-0.3, -0.25) is 0 Å². The van der Waals surface area contributed by atoms with Crippen molar-refractivity contribution in [1.82, 2.24) is 0 Å². The first-order valence-electron chi connectivity index (χ1n) is 7.07. The van der Waals surface area contributed by atoms with Crippen molar-refractivity contribution in [1.29, 1.82) is 0 Å². The van der Waals surface area contributed by atoms with Gasteiger partial charge in [-0.2, -0.15) is 0 Å². The molecular formula is C16H24O2. The van der Waals surface area contributed by atoms with Crippen molar-refractivity contribution in [3.05, 3.63) is 35.9 Å². The highest BCUT2D eigenvalue weighted by Gasteiger charge is 2.39. The van der Waals surface area contributed by atoms with Gasteiger partial charge in [-0.05, 0) is 19.8 Å². The lowest BCUT2D eigenvalue weighted by Crippen LogP contribution is -2.45. The summed E-state index contributed by atoms with van der Waals surface area (Å²) in [7, 11) is 0. The van der Waals surface area contributed by atoms with Crippen molar-refractivity contribution >= 4 is 0 Å². The van der Waals surface area contributed by atoms with Crippen LogP contribution in [-0.2, 0) is 15.3 Å². The number of benzene rings is 1. The van der Waals surface area contributed by atoms with Crippen LogP contribution in [0.1, 0.15) is 45.6 Å². The van der Waals surface area contributed by atoms with Crippen molar-refractivity contribution in [2.24, 2.45) is 5.92 Å². The summed E-state index contributed by atoms with van der Waals surface area (Å²) < 4.78 is 12.3. The van der Waals surface area contributed by atoms with Crippen molar-refractivity contribution in [2.45, 2.75) is 51.9 Å². The monoisotopic (exact) mass is 248 g/mol. The Morgan fingerprint density at radius 2 is 1.94 bits per heavy atom. The van der Waals surface area contributed by atoms with Crippen molar-refractivity contribution in [3.63, 3.8) is 0 Å². The van der Waals surface area contributed by atoms with Crippen molar-refractivity contribution in [3.8, 4) is 0 Å². The molecule has 0 amide bonds. The van der Waals surface area contributed by atoms with Crippen LogP contribution in [0, 0.1) is 5.92 Å². The van der Waals surface area contributed by atoms with Crippen LogP contribution in [0.25, 0.3) is 0 Å². The van der Waals surface area contributed by atoms with Gasteiger partial charge in [0.25, 0.3) is 0 Å². The molecule has 2 rings (SSSR count). The maximum absolute atomic E-state index is 6.28. The molecule has 0 saturated carbocycles. The second-order valence-corrected chi connectivity index (χ2v) is 5.24. The Balaban J connectivity index is 2.16. The highest BCUT2D eigenvalue weighted by molar-refractivity contribution is 5.20. The maximum atomic E-state index is 6.28. The molecule has 0 aliphatic carbocycles. The van der Waals surface area contributed by atoms with E-state index in [2.05, 4.69) is 26.0 Å². The molecule has 18 heavy (non-hydrogen) atoms. The third-order valence-electron chi connectivity index (χ3n) is 3.87. The standard InChI is InChI=1S/C16H24O2/c1-4-9-15-13(5-2)12-17-16(3,18-15)14-10-7-6-8-11-14/h6-8,10-11,13,15H,4-5,9,12H2,1-3H3/t13-,15-,16+/m0/s1. The fraction of sp³-hybridized carbons (Fsp3) is 0.625. The van der Waals surface area contributed by atoms with E-state index in [1.54, 1.807) is 0 Å². The quantitative estimate of drug-likeness (QED) is 0.798. The zero-order valence-corrected chi connectivity index (χ0v) is 11.7. The summed E-state index contributed by atoms with van der Waals surface area (Å²) in [5, 5.41) is 0. The van der Waals surface area contributed by atoms with Crippen LogP contribution < -0.4 is 0 Å². The van der Waals surface area contributed by atoms with Crippen LogP contribution in [0.2, 0.25) is 0 Å². The zero-order valence-electron chi connectivity index (χ0n) is 11.7. The second-order valence-electron chi connectivity index (χ2n) is 5.24. The predicted octanol–water partition coefficient (Wildman–Crippen LogP) is 4.10. The summed E-state index contributed by atoms with van der Waals surface area (Å²) in [6.45, 7) is 7.26. The van der Waals surface area contributed by atoms with Gasteiger partial charge in [-0.1, -0.05) is 50.6 Å². The second kappa shape index (κ2) is 5.85. The molecule has 1 fully saturated rings. The largest absolute Gasteiger partial charge is 0.346 e. The van der Waals surface area contributed by atoms with E-state index in [4.69, 9.17) is 9.47 Å². The van der Waals surface area contributed by atoms with E-state index < -0.39 is 5.79 Å². The number of rotatable bonds is 4. The Morgan fingerprint density at radius 3 is 2.56 bits per heavy atom. The fourth-order valence-corrected chi connectivity index (χ4v) is 2.64. The molecule has 1 aliphatic heterocycles. The maximum Gasteiger partial charge on any atom is 0.192 e. The van der Waals surface area contributed by atoms with Crippen LogP contribution in [0.15, 0.2) is 30.3 Å². The van der Waals surface area contributed by atoms with Gasteiger partial charge in [0.15, 0.2) is 5.79 Å². The lowest BCUT2D eigenvalue weighted by atomic mass is 9.93. The van der Waals surface area contributed by atoms with Crippen LogP contribution in [-0.4, -0.2) is 12.7 Å². The molecule has 1 aliphatic rings. The SMILES string of the molecule is CCC[C@@H]1O[C@](C)(c2ccccc2)OC[C@@H]1CC. The molecule has 0 N–H and O–H groups in total. The first kappa shape index (κ1) is 13.6. The number of hydrogen-bond donors (Lipinski definition) is 0. The molecular weight excluding hydrogens is 224 g/mol. The van der Waals surface area contributed by atoms with E-state index in [1.165, 1.54) is 0 Å². The average molecular weight is 248 g/mol. The summed E-state index contributed by atoms with van der Waals surface area (Å²) in [5.41, 5.74) is 1.11. The summed E-state index contributed by atoms with van der Waals surface area (Å²) in [4.78, 5) is 0. The Hall–Kier alpha value is -0.860. The van der Waals surface area contributed by atoms with Crippen molar-refractivity contribution < 1.29 is 9.47 Å². The molecule has 0 radical (unpaired) electrons. The Morgan fingerprint density at radius 1 is 1.22 bits per heavy atom. The molecule has 0 unspecified atom stereocenters. The normalized spacial score (nSPS) is 32.4. The van der Waals surface area contributed by atoms with Gasteiger partial charge in [0.1, 0.15) is 0 Å². The van der Waals surface area contributed by atoms with E-state index in [0.29, 0.717) is 12.0 Å². The molecule has 0 spiro atoms. The third-order valence-corrected chi connectivity index (χ3v) is 3.87. The van der Waals surface area contributed by atoms with Crippen molar-refractivity contribution in [2.75, 3.05) is 6.61 Å². The van der Waals surface area contributed by atoms with Crippen LogP contribution >= 0.6 is 0 Å². The molecule has 1 saturated heterocycles. The molecule has 1 aromatic rings. The first-order valence-corrected chi connectivity index (χ1v) is 7.07. The topological polar surface area (TPSA) is 18.5 Å². The number of hydrogen-bond acceptors (Lipinski definition) is 2. The highest BCUT2D eigenvalue weighted by atomic mass is 16.7. The van der Waals surface area contributed by atoms with E-state index in [-0.39, 0.29) is 0 Å². The fourth-order valence-electron chi connectivity index (χ4n) is 2.64. The Labute approximate surface area is 110 Å². The van der Waals surface area contributed by atoms with Gasteiger partial charge in [0.2, 0.25) is 0 Å². The molecule has 0 aromatic heterocycles. The molecule has 2 heteroatoms. The van der Waals surface area contributed by atoms with E-state index in [9.17, 15) is 0 Å². The molecule has 1 aromatic carbocycles. The van der Waals surface area contributed by atoms with E-state index in [1.807, 2.05) is 25.1 Å². The summed E-state index contributed by atoms with van der Waals surface area (Å²) in [6.07, 6.45) is 3.71. The van der Waals surface area contributed by atoms with Crippen LogP contribution in [0.3, 0.4) is 0 Å². The first-order chi connectivity index (χ1) is 8.69.